The Bertz CT molecular complexity index is 2120. The molecule has 2 aromatic heterocycles. The van der Waals surface area contributed by atoms with Crippen molar-refractivity contribution in [3.05, 3.63) is 108 Å². The van der Waals surface area contributed by atoms with E-state index in [1.54, 1.807) is 12.2 Å². The van der Waals surface area contributed by atoms with Gasteiger partial charge in [0, 0.05) is 47.0 Å². The average molecular weight is 771 g/mol. The molecule has 0 aliphatic carbocycles. The van der Waals surface area contributed by atoms with Gasteiger partial charge in [-0.1, -0.05) is 143 Å². The first-order valence-electron chi connectivity index (χ1n) is 20.0. The molecule has 2 heterocycles. The molecule has 0 aliphatic rings. The van der Waals surface area contributed by atoms with Crippen molar-refractivity contribution in [3.63, 3.8) is 0 Å². The Kier molecular flexibility index (Phi) is 15.3. The van der Waals surface area contributed by atoms with E-state index >= 15 is 0 Å². The highest BCUT2D eigenvalue weighted by atomic mass is 16.6. The number of aromatic carboxylic acids is 1. The van der Waals surface area contributed by atoms with Gasteiger partial charge in [-0.15, -0.1) is 0 Å². The van der Waals surface area contributed by atoms with Crippen LogP contribution in [0.1, 0.15) is 114 Å². The van der Waals surface area contributed by atoms with Gasteiger partial charge in [-0.05, 0) is 50.5 Å². The van der Waals surface area contributed by atoms with Crippen LogP contribution in [0.25, 0.3) is 57.3 Å². The van der Waals surface area contributed by atoms with Crippen LogP contribution in [0.2, 0.25) is 0 Å². The number of unbranched alkanes of at least 4 members (excludes halogenated alkanes) is 9. The number of esters is 1. The summed E-state index contributed by atoms with van der Waals surface area (Å²) in [6.07, 6.45) is 19.1. The fourth-order valence-electron chi connectivity index (χ4n) is 6.31. The number of carboxylic acid groups (broad SMARTS) is 1. The van der Waals surface area contributed by atoms with Crippen molar-refractivity contribution in [2.75, 3.05) is 6.54 Å². The van der Waals surface area contributed by atoms with Crippen LogP contribution in [0.3, 0.4) is 0 Å². The van der Waals surface area contributed by atoms with Gasteiger partial charge in [0.15, 0.2) is 0 Å². The molecule has 0 saturated heterocycles. The van der Waals surface area contributed by atoms with Crippen molar-refractivity contribution < 1.29 is 28.8 Å². The van der Waals surface area contributed by atoms with Crippen LogP contribution < -0.4 is 5.32 Å². The topological polar surface area (TPSA) is 147 Å². The lowest BCUT2D eigenvalue weighted by Crippen LogP contribution is -2.22. The van der Waals surface area contributed by atoms with Crippen LogP contribution in [0.4, 0.5) is 0 Å². The highest BCUT2D eigenvalue weighted by molar-refractivity contribution is 5.92. The highest BCUT2D eigenvalue weighted by Crippen LogP contribution is 2.34. The van der Waals surface area contributed by atoms with E-state index in [-0.39, 0.29) is 11.7 Å². The van der Waals surface area contributed by atoms with E-state index < -0.39 is 17.5 Å². The number of hydrogen-bond donors (Lipinski definition) is 3. The van der Waals surface area contributed by atoms with E-state index in [1.807, 2.05) is 99.6 Å². The van der Waals surface area contributed by atoms with E-state index in [0.717, 1.165) is 52.0 Å². The average Bonchev–Trinajstić information content (AvgIpc) is 3.88. The normalized spacial score (nSPS) is 11.7. The molecule has 1 amide bonds. The SMILES string of the molecule is CCCCCCCCCCCCNC(=O)/C=C/c1ccc(-c2[nH]c(-c3ccc(-c4cc(C(=O)O)on4)cc3)nc2-c2ccc(/C=C/C(=O)OC(C)(C)C)cc2)cc1. The Balaban J connectivity index is 1.27. The molecule has 5 rings (SSSR count). The minimum absolute atomic E-state index is 0.100. The maximum absolute atomic E-state index is 12.5. The molecule has 0 bridgehead atoms. The number of hydrogen-bond acceptors (Lipinski definition) is 7. The standard InChI is InChI=1S/C47H54N4O6/c1-5-6-7-8-9-10-11-12-13-14-31-48-41(52)29-19-33-15-21-36(22-16-33)43-44(37-23-17-34(18-24-37)20-30-42(53)56-47(2,3)4)50-45(49-43)38-27-25-35(26-28-38)39-32-40(46(54)55)57-51-39/h15-30,32H,5-14,31H2,1-4H3,(H,48,52)(H,49,50)(H,54,55)/b29-19+,30-20+. The number of carbonyl (C=O) groups excluding carboxylic acids is 2. The second kappa shape index (κ2) is 20.8. The Morgan fingerprint density at radius 3 is 1.86 bits per heavy atom. The summed E-state index contributed by atoms with van der Waals surface area (Å²) < 4.78 is 10.3. The number of ether oxygens (including phenoxy) is 1. The zero-order chi connectivity index (χ0) is 40.6. The molecule has 0 fully saturated rings. The lowest BCUT2D eigenvalue weighted by molar-refractivity contribution is -0.148. The number of aromatic nitrogens is 3. The second-order valence-electron chi connectivity index (χ2n) is 15.2. The number of aromatic amines is 1. The predicted molar refractivity (Wildman–Crippen MR) is 226 cm³/mol. The molecule has 5 aromatic rings. The third-order valence-corrected chi connectivity index (χ3v) is 9.34. The van der Waals surface area contributed by atoms with Crippen molar-refractivity contribution in [1.29, 1.82) is 0 Å². The molecule has 298 valence electrons. The van der Waals surface area contributed by atoms with Crippen LogP contribution in [-0.4, -0.2) is 50.2 Å². The number of amides is 1. The third-order valence-electron chi connectivity index (χ3n) is 9.34. The first-order valence-corrected chi connectivity index (χ1v) is 20.0. The van der Waals surface area contributed by atoms with Crippen molar-refractivity contribution in [2.45, 2.75) is 97.5 Å². The molecule has 0 spiro atoms. The molecule has 0 radical (unpaired) electrons. The van der Waals surface area contributed by atoms with Crippen molar-refractivity contribution in [3.8, 4) is 45.2 Å². The summed E-state index contributed by atoms with van der Waals surface area (Å²) >= 11 is 0. The van der Waals surface area contributed by atoms with Crippen molar-refractivity contribution in [2.24, 2.45) is 0 Å². The lowest BCUT2D eigenvalue weighted by Gasteiger charge is -2.17. The van der Waals surface area contributed by atoms with Gasteiger partial charge in [0.2, 0.25) is 11.7 Å². The van der Waals surface area contributed by atoms with Crippen molar-refractivity contribution >= 4 is 30.0 Å². The van der Waals surface area contributed by atoms with Gasteiger partial charge >= 0.3 is 11.9 Å². The monoisotopic (exact) mass is 770 g/mol. The van der Waals surface area contributed by atoms with Gasteiger partial charge in [-0.3, -0.25) is 4.79 Å². The van der Waals surface area contributed by atoms with E-state index in [4.69, 9.17) is 14.2 Å². The number of carbonyl (C=O) groups is 3. The summed E-state index contributed by atoms with van der Waals surface area (Å²) in [6.45, 7) is 8.41. The molecule has 10 nitrogen and oxygen atoms in total. The van der Waals surface area contributed by atoms with Gasteiger partial charge in [0.1, 0.15) is 17.1 Å². The van der Waals surface area contributed by atoms with Crippen LogP contribution >= 0.6 is 0 Å². The molecule has 0 saturated carbocycles. The number of rotatable bonds is 20. The smallest absolute Gasteiger partial charge is 0.374 e. The van der Waals surface area contributed by atoms with Gasteiger partial charge < -0.3 is 24.7 Å². The largest absolute Gasteiger partial charge is 0.475 e. The van der Waals surface area contributed by atoms with Crippen LogP contribution in [0, 0.1) is 0 Å². The molecule has 57 heavy (non-hydrogen) atoms. The Labute approximate surface area is 335 Å². The molecule has 0 unspecified atom stereocenters. The Morgan fingerprint density at radius 2 is 1.28 bits per heavy atom. The minimum Gasteiger partial charge on any atom is -0.475 e. The fraction of sp³-hybridized carbons (Fsp3) is 0.340. The van der Waals surface area contributed by atoms with Gasteiger partial charge in [-0.25, -0.2) is 14.6 Å². The van der Waals surface area contributed by atoms with Crippen LogP contribution in [0.15, 0.2) is 95.5 Å². The van der Waals surface area contributed by atoms with Gasteiger partial charge in [0.25, 0.3) is 0 Å². The third kappa shape index (κ3) is 13.3. The molecule has 10 heteroatoms. The second-order valence-corrected chi connectivity index (χ2v) is 15.2. The first-order chi connectivity index (χ1) is 27.5. The van der Waals surface area contributed by atoms with E-state index in [9.17, 15) is 19.5 Å². The molecular weight excluding hydrogens is 717 g/mol. The molecular formula is C47H54N4O6. The zero-order valence-electron chi connectivity index (χ0n) is 33.5. The summed E-state index contributed by atoms with van der Waals surface area (Å²) in [5.41, 5.74) is 6.39. The number of imidazole rings is 1. The summed E-state index contributed by atoms with van der Waals surface area (Å²) in [4.78, 5) is 44.5. The fourth-order valence-corrected chi connectivity index (χ4v) is 6.31. The number of benzene rings is 3. The molecule has 0 aliphatic heterocycles. The molecule has 0 atom stereocenters. The maximum atomic E-state index is 12.5. The lowest BCUT2D eigenvalue weighted by atomic mass is 10.0. The first kappa shape index (κ1) is 42.1. The number of H-pyrrole nitrogens is 1. The summed E-state index contributed by atoms with van der Waals surface area (Å²) in [5, 5.41) is 16.1. The summed E-state index contributed by atoms with van der Waals surface area (Å²) in [7, 11) is 0. The van der Waals surface area contributed by atoms with Gasteiger partial charge in [0.05, 0.1) is 11.4 Å². The molecule has 3 N–H and O–H groups in total. The van der Waals surface area contributed by atoms with E-state index in [0.29, 0.717) is 23.6 Å². The van der Waals surface area contributed by atoms with Crippen molar-refractivity contribution in [1.82, 2.24) is 20.4 Å². The number of carboxylic acids is 1. The quantitative estimate of drug-likeness (QED) is 0.0402. The maximum Gasteiger partial charge on any atom is 0.374 e. The van der Waals surface area contributed by atoms with E-state index in [2.05, 4.69) is 22.4 Å². The Hall–Kier alpha value is -6.03. The summed E-state index contributed by atoms with van der Waals surface area (Å²) in [6, 6.07) is 24.5. The van der Waals surface area contributed by atoms with Gasteiger partial charge in [-0.2, -0.15) is 0 Å². The number of nitrogens with zero attached hydrogens (tertiary/aromatic N) is 2. The Morgan fingerprint density at radius 1 is 0.737 bits per heavy atom. The zero-order valence-corrected chi connectivity index (χ0v) is 33.5. The minimum atomic E-state index is -1.18. The summed E-state index contributed by atoms with van der Waals surface area (Å²) in [5.74, 6) is -1.29. The predicted octanol–water partition coefficient (Wildman–Crippen LogP) is 11.2. The van der Waals surface area contributed by atoms with Crippen LogP contribution in [0.5, 0.6) is 0 Å². The highest BCUT2D eigenvalue weighted by Gasteiger charge is 2.18. The molecule has 3 aromatic carbocycles. The number of nitrogens with one attached hydrogen (secondary N) is 2. The van der Waals surface area contributed by atoms with E-state index in [1.165, 1.54) is 63.5 Å². The van der Waals surface area contributed by atoms with Crippen LogP contribution in [-0.2, 0) is 14.3 Å².